The van der Waals surface area contributed by atoms with Crippen LogP contribution in [0.15, 0.2) is 11.6 Å². The number of hydrogen-bond donors (Lipinski definition) is 0. The maximum Gasteiger partial charge on any atom is 0.155 e. The molecule has 0 unspecified atom stereocenters. The molecule has 4 aliphatic carbocycles. The monoisotopic (exact) mass is 314 g/mol. The van der Waals surface area contributed by atoms with Gasteiger partial charge in [-0.1, -0.05) is 19.4 Å². The van der Waals surface area contributed by atoms with Gasteiger partial charge in [0.05, 0.1) is 0 Å². The van der Waals surface area contributed by atoms with E-state index in [4.69, 9.17) is 0 Å². The molecule has 6 atom stereocenters. The number of ketones is 2. The molecule has 0 radical (unpaired) electrons. The molecular weight excluding hydrogens is 284 g/mol. The highest BCUT2D eigenvalue weighted by Gasteiger charge is 2.59. The van der Waals surface area contributed by atoms with E-state index in [0.717, 1.165) is 43.4 Å². The highest BCUT2D eigenvalue weighted by Crippen LogP contribution is 2.66. The van der Waals surface area contributed by atoms with Crippen molar-refractivity contribution in [2.75, 3.05) is 0 Å². The number of rotatable bonds is 1. The fraction of sp³-hybridized carbons (Fsp3) is 0.810. The van der Waals surface area contributed by atoms with Crippen molar-refractivity contribution in [1.29, 1.82) is 0 Å². The highest BCUT2D eigenvalue weighted by atomic mass is 16.1. The smallest absolute Gasteiger partial charge is 0.155 e. The summed E-state index contributed by atoms with van der Waals surface area (Å²) in [5, 5.41) is 0. The van der Waals surface area contributed by atoms with E-state index in [2.05, 4.69) is 13.8 Å². The molecule has 4 aliphatic rings. The van der Waals surface area contributed by atoms with Gasteiger partial charge < -0.3 is 0 Å². The first-order valence-electron chi connectivity index (χ1n) is 9.60. The first-order valence-corrected chi connectivity index (χ1v) is 9.60. The van der Waals surface area contributed by atoms with Crippen molar-refractivity contribution in [2.45, 2.75) is 72.1 Å². The van der Waals surface area contributed by atoms with Crippen LogP contribution < -0.4 is 0 Å². The number of carbonyl (C=O) groups is 2. The Kier molecular flexibility index (Phi) is 3.42. The van der Waals surface area contributed by atoms with Crippen molar-refractivity contribution in [3.05, 3.63) is 11.6 Å². The van der Waals surface area contributed by atoms with Gasteiger partial charge in [-0.25, -0.2) is 0 Å². The number of fused-ring (bicyclic) bond motifs is 5. The van der Waals surface area contributed by atoms with Gasteiger partial charge in [-0.2, -0.15) is 0 Å². The fourth-order valence-corrected chi connectivity index (χ4v) is 7.23. The van der Waals surface area contributed by atoms with Gasteiger partial charge >= 0.3 is 0 Å². The van der Waals surface area contributed by atoms with Crippen LogP contribution in [0, 0.1) is 34.5 Å². The van der Waals surface area contributed by atoms with E-state index in [1.807, 2.05) is 6.08 Å². The van der Waals surface area contributed by atoms with E-state index in [9.17, 15) is 9.59 Å². The zero-order valence-electron chi connectivity index (χ0n) is 14.9. The summed E-state index contributed by atoms with van der Waals surface area (Å²) in [6.07, 6.45) is 10.9. The molecule has 0 aliphatic heterocycles. The predicted molar refractivity (Wildman–Crippen MR) is 90.9 cm³/mol. The molecule has 0 aromatic rings. The van der Waals surface area contributed by atoms with E-state index in [1.165, 1.54) is 31.3 Å². The molecule has 3 fully saturated rings. The Morgan fingerprint density at radius 3 is 2.57 bits per heavy atom. The van der Waals surface area contributed by atoms with Crippen molar-refractivity contribution < 1.29 is 9.59 Å². The summed E-state index contributed by atoms with van der Waals surface area (Å²) in [5.74, 6) is 3.29. The SMILES string of the molecule is CC(=O)[C@@H]1CC[C@@H]2[C@H]3CCC4=CC(=O)CC[C@]4(C)[C@@H]3CC[C@]21C. The average Bonchev–Trinajstić information content (AvgIpc) is 2.85. The summed E-state index contributed by atoms with van der Waals surface area (Å²) in [5.41, 5.74) is 1.95. The number of allylic oxidation sites excluding steroid dienone is 1. The Balaban J connectivity index is 1.67. The van der Waals surface area contributed by atoms with Gasteiger partial charge in [0.25, 0.3) is 0 Å². The Morgan fingerprint density at radius 1 is 1.04 bits per heavy atom. The predicted octanol–water partition coefficient (Wildman–Crippen LogP) is 4.72. The van der Waals surface area contributed by atoms with Gasteiger partial charge in [0.1, 0.15) is 5.78 Å². The zero-order valence-corrected chi connectivity index (χ0v) is 14.9. The molecule has 23 heavy (non-hydrogen) atoms. The molecule has 0 bridgehead atoms. The molecule has 0 spiro atoms. The summed E-state index contributed by atoms with van der Waals surface area (Å²) in [6.45, 7) is 6.65. The van der Waals surface area contributed by atoms with Crippen LogP contribution in [-0.2, 0) is 9.59 Å². The van der Waals surface area contributed by atoms with Crippen LogP contribution in [0.4, 0.5) is 0 Å². The summed E-state index contributed by atoms with van der Waals surface area (Å²) in [4.78, 5) is 24.0. The van der Waals surface area contributed by atoms with Crippen LogP contribution in [-0.4, -0.2) is 11.6 Å². The quantitative estimate of drug-likeness (QED) is 0.701. The Hall–Kier alpha value is -0.920. The molecule has 0 N–H and O–H groups in total. The summed E-state index contributed by atoms with van der Waals surface area (Å²) >= 11 is 0. The standard InChI is InChI=1S/C21H30O2/c1-13(22)17-6-7-18-16-5-4-14-12-15(23)8-10-20(14,2)19(16)9-11-21(17,18)3/h12,16-19H,4-11H2,1-3H3/t16-,17+,18-,19-,20+,21+/m1/s1. The molecule has 0 heterocycles. The first kappa shape index (κ1) is 15.6. The van der Waals surface area contributed by atoms with Crippen molar-refractivity contribution >= 4 is 11.6 Å². The van der Waals surface area contributed by atoms with Crippen LogP contribution in [0.3, 0.4) is 0 Å². The summed E-state index contributed by atoms with van der Waals surface area (Å²) < 4.78 is 0. The highest BCUT2D eigenvalue weighted by molar-refractivity contribution is 5.91. The van der Waals surface area contributed by atoms with Crippen molar-refractivity contribution in [2.24, 2.45) is 34.5 Å². The first-order chi connectivity index (χ1) is 10.9. The minimum Gasteiger partial charge on any atom is -0.300 e. The second-order valence-electron chi connectivity index (χ2n) is 9.25. The lowest BCUT2D eigenvalue weighted by molar-refractivity contribution is -0.128. The number of carbonyl (C=O) groups excluding carboxylic acids is 2. The molecule has 3 saturated carbocycles. The Morgan fingerprint density at radius 2 is 1.83 bits per heavy atom. The molecule has 0 aromatic heterocycles. The van der Waals surface area contributed by atoms with E-state index >= 15 is 0 Å². The molecule has 126 valence electrons. The van der Waals surface area contributed by atoms with Crippen molar-refractivity contribution in [3.8, 4) is 0 Å². The van der Waals surface area contributed by atoms with E-state index in [1.54, 1.807) is 6.92 Å². The topological polar surface area (TPSA) is 34.1 Å². The van der Waals surface area contributed by atoms with Gasteiger partial charge in [-0.3, -0.25) is 9.59 Å². The van der Waals surface area contributed by atoms with Gasteiger partial charge in [0.15, 0.2) is 5.78 Å². The van der Waals surface area contributed by atoms with Crippen LogP contribution >= 0.6 is 0 Å². The molecule has 2 nitrogen and oxygen atoms in total. The van der Waals surface area contributed by atoms with Crippen molar-refractivity contribution in [1.82, 2.24) is 0 Å². The van der Waals surface area contributed by atoms with E-state index in [0.29, 0.717) is 17.5 Å². The maximum absolute atomic E-state index is 12.1. The average molecular weight is 314 g/mol. The number of hydrogen-bond acceptors (Lipinski definition) is 2. The minimum atomic E-state index is 0.245. The van der Waals surface area contributed by atoms with Crippen molar-refractivity contribution in [3.63, 3.8) is 0 Å². The molecular formula is C21H30O2. The lowest BCUT2D eigenvalue weighted by Crippen LogP contribution is -2.51. The fourth-order valence-electron chi connectivity index (χ4n) is 7.23. The normalized spacial score (nSPS) is 49.0. The lowest BCUT2D eigenvalue weighted by atomic mass is 9.47. The van der Waals surface area contributed by atoms with Gasteiger partial charge in [-0.15, -0.1) is 0 Å². The van der Waals surface area contributed by atoms with Crippen LogP contribution in [0.2, 0.25) is 0 Å². The summed E-state index contributed by atoms with van der Waals surface area (Å²) in [6, 6.07) is 0. The zero-order chi connectivity index (χ0) is 16.4. The van der Waals surface area contributed by atoms with E-state index in [-0.39, 0.29) is 10.8 Å². The third-order valence-electron chi connectivity index (χ3n) is 8.45. The largest absolute Gasteiger partial charge is 0.300 e. The third kappa shape index (κ3) is 2.06. The number of Topliss-reactive ketones (excluding diaryl/α,β-unsaturated/α-hetero) is 1. The van der Waals surface area contributed by atoms with Crippen LogP contribution in [0.25, 0.3) is 0 Å². The second kappa shape index (κ2) is 5.04. The molecule has 0 saturated heterocycles. The van der Waals surface area contributed by atoms with Gasteiger partial charge in [0.2, 0.25) is 0 Å². The lowest BCUT2D eigenvalue weighted by Gasteiger charge is -2.58. The second-order valence-corrected chi connectivity index (χ2v) is 9.25. The van der Waals surface area contributed by atoms with Crippen LogP contribution in [0.5, 0.6) is 0 Å². The Bertz CT molecular complexity index is 589. The maximum atomic E-state index is 12.1. The molecule has 4 rings (SSSR count). The molecule has 0 amide bonds. The van der Waals surface area contributed by atoms with E-state index < -0.39 is 0 Å². The summed E-state index contributed by atoms with van der Waals surface area (Å²) in [7, 11) is 0. The van der Waals surface area contributed by atoms with Gasteiger partial charge in [0, 0.05) is 12.3 Å². The van der Waals surface area contributed by atoms with Gasteiger partial charge in [-0.05, 0) is 86.5 Å². The molecule has 0 aromatic carbocycles. The molecule has 2 heteroatoms. The minimum absolute atomic E-state index is 0.245. The third-order valence-corrected chi connectivity index (χ3v) is 8.45. The Labute approximate surface area is 140 Å². The van der Waals surface area contributed by atoms with Crippen LogP contribution in [0.1, 0.15) is 72.1 Å².